The molecule has 3 nitrogen and oxygen atoms in total. The zero-order valence-corrected chi connectivity index (χ0v) is 10.0. The van der Waals surface area contributed by atoms with Crippen molar-refractivity contribution < 1.29 is 0 Å². The van der Waals surface area contributed by atoms with E-state index in [1.54, 1.807) is 0 Å². The standard InChI is InChI=1S/C13H21N3/c1-14-13(10-6-7-10)11-8-15-16(9-11)12-4-2-3-5-12/h8-10,12-14H,2-7H2,1H3. The molecule has 2 aliphatic rings. The van der Waals surface area contributed by atoms with Crippen LogP contribution in [0.5, 0.6) is 0 Å². The Hall–Kier alpha value is -0.830. The Balaban J connectivity index is 1.75. The van der Waals surface area contributed by atoms with E-state index in [0.717, 1.165) is 5.92 Å². The second kappa shape index (κ2) is 4.21. The minimum atomic E-state index is 0.537. The van der Waals surface area contributed by atoms with Crippen LogP contribution in [0.2, 0.25) is 0 Å². The van der Waals surface area contributed by atoms with Gasteiger partial charge in [0.25, 0.3) is 0 Å². The van der Waals surface area contributed by atoms with Crippen LogP contribution in [0, 0.1) is 5.92 Å². The van der Waals surface area contributed by atoms with Crippen LogP contribution in [0.3, 0.4) is 0 Å². The molecule has 1 heterocycles. The minimum absolute atomic E-state index is 0.537. The normalized spacial score (nSPS) is 23.8. The SMILES string of the molecule is CNC(c1cnn(C2CCCC2)c1)C1CC1. The first-order valence-corrected chi connectivity index (χ1v) is 6.60. The maximum absolute atomic E-state index is 4.55. The lowest BCUT2D eigenvalue weighted by Gasteiger charge is -2.13. The number of nitrogens with one attached hydrogen (secondary N) is 1. The lowest BCUT2D eigenvalue weighted by atomic mass is 10.1. The number of aromatic nitrogens is 2. The van der Waals surface area contributed by atoms with Gasteiger partial charge in [0.2, 0.25) is 0 Å². The van der Waals surface area contributed by atoms with E-state index in [1.165, 1.54) is 44.1 Å². The average Bonchev–Trinajstić information content (AvgIpc) is 2.84. The van der Waals surface area contributed by atoms with E-state index < -0.39 is 0 Å². The first-order valence-electron chi connectivity index (χ1n) is 6.60. The van der Waals surface area contributed by atoms with E-state index in [2.05, 4.69) is 34.5 Å². The summed E-state index contributed by atoms with van der Waals surface area (Å²) in [6, 6.07) is 1.21. The monoisotopic (exact) mass is 219 g/mol. The quantitative estimate of drug-likeness (QED) is 0.843. The van der Waals surface area contributed by atoms with Crippen molar-refractivity contribution in [3.63, 3.8) is 0 Å². The van der Waals surface area contributed by atoms with Crippen molar-refractivity contribution in [1.29, 1.82) is 0 Å². The molecule has 1 aromatic rings. The van der Waals surface area contributed by atoms with Gasteiger partial charge < -0.3 is 5.32 Å². The highest BCUT2D eigenvalue weighted by atomic mass is 15.3. The van der Waals surface area contributed by atoms with Crippen LogP contribution in [-0.2, 0) is 0 Å². The summed E-state index contributed by atoms with van der Waals surface area (Å²) < 4.78 is 2.20. The fourth-order valence-corrected chi connectivity index (χ4v) is 2.99. The summed E-state index contributed by atoms with van der Waals surface area (Å²) in [5, 5.41) is 7.98. The maximum atomic E-state index is 4.55. The van der Waals surface area contributed by atoms with Crippen molar-refractivity contribution in [3.05, 3.63) is 18.0 Å². The van der Waals surface area contributed by atoms with Crippen molar-refractivity contribution in [2.24, 2.45) is 5.92 Å². The molecule has 0 radical (unpaired) electrons. The first kappa shape index (κ1) is 10.3. The molecule has 0 bridgehead atoms. The summed E-state index contributed by atoms with van der Waals surface area (Å²) >= 11 is 0. The van der Waals surface area contributed by atoms with E-state index in [9.17, 15) is 0 Å². The van der Waals surface area contributed by atoms with Crippen LogP contribution < -0.4 is 5.32 Å². The van der Waals surface area contributed by atoms with E-state index in [-0.39, 0.29) is 0 Å². The number of nitrogens with zero attached hydrogens (tertiary/aromatic N) is 2. The van der Waals surface area contributed by atoms with Gasteiger partial charge in [-0.1, -0.05) is 12.8 Å². The summed E-state index contributed by atoms with van der Waals surface area (Å²) in [5.41, 5.74) is 1.39. The van der Waals surface area contributed by atoms with Crippen molar-refractivity contribution in [2.45, 2.75) is 50.6 Å². The molecule has 3 rings (SSSR count). The summed E-state index contributed by atoms with van der Waals surface area (Å²) in [4.78, 5) is 0. The maximum Gasteiger partial charge on any atom is 0.0537 e. The second-order valence-electron chi connectivity index (χ2n) is 5.30. The van der Waals surface area contributed by atoms with Gasteiger partial charge in [-0.25, -0.2) is 0 Å². The topological polar surface area (TPSA) is 29.9 Å². The number of hydrogen-bond donors (Lipinski definition) is 1. The van der Waals surface area contributed by atoms with Gasteiger partial charge in [0.15, 0.2) is 0 Å². The Morgan fingerprint density at radius 3 is 2.69 bits per heavy atom. The molecular formula is C13H21N3. The van der Waals surface area contributed by atoms with Crippen LogP contribution in [0.4, 0.5) is 0 Å². The van der Waals surface area contributed by atoms with Crippen LogP contribution >= 0.6 is 0 Å². The van der Waals surface area contributed by atoms with Crippen molar-refractivity contribution in [2.75, 3.05) is 7.05 Å². The highest BCUT2D eigenvalue weighted by Gasteiger charge is 2.32. The van der Waals surface area contributed by atoms with Gasteiger partial charge >= 0.3 is 0 Å². The number of rotatable bonds is 4. The van der Waals surface area contributed by atoms with Gasteiger partial charge in [-0.3, -0.25) is 4.68 Å². The Bertz CT molecular complexity index is 348. The zero-order chi connectivity index (χ0) is 11.0. The van der Waals surface area contributed by atoms with E-state index in [0.29, 0.717) is 12.1 Å². The van der Waals surface area contributed by atoms with Gasteiger partial charge in [0, 0.05) is 17.8 Å². The molecule has 2 saturated carbocycles. The summed E-state index contributed by atoms with van der Waals surface area (Å²) in [6.07, 6.45) is 12.5. The predicted molar refractivity (Wildman–Crippen MR) is 64.3 cm³/mol. The van der Waals surface area contributed by atoms with E-state index in [1.807, 2.05) is 0 Å². The van der Waals surface area contributed by atoms with Gasteiger partial charge in [0.05, 0.1) is 12.2 Å². The fraction of sp³-hybridized carbons (Fsp3) is 0.769. The molecule has 1 unspecified atom stereocenters. The lowest BCUT2D eigenvalue weighted by molar-refractivity contribution is 0.464. The molecular weight excluding hydrogens is 198 g/mol. The van der Waals surface area contributed by atoms with Gasteiger partial charge in [-0.05, 0) is 38.6 Å². The molecule has 0 saturated heterocycles. The van der Waals surface area contributed by atoms with Crippen LogP contribution in [-0.4, -0.2) is 16.8 Å². The third-order valence-corrected chi connectivity index (χ3v) is 4.08. The van der Waals surface area contributed by atoms with Gasteiger partial charge in [0.1, 0.15) is 0 Å². The predicted octanol–water partition coefficient (Wildman–Crippen LogP) is 2.67. The highest BCUT2D eigenvalue weighted by Crippen LogP contribution is 2.41. The second-order valence-corrected chi connectivity index (χ2v) is 5.30. The molecule has 0 spiro atoms. The molecule has 16 heavy (non-hydrogen) atoms. The van der Waals surface area contributed by atoms with Crippen molar-refractivity contribution in [1.82, 2.24) is 15.1 Å². The minimum Gasteiger partial charge on any atom is -0.313 e. The largest absolute Gasteiger partial charge is 0.313 e. The Kier molecular flexibility index (Phi) is 2.72. The average molecular weight is 219 g/mol. The fourth-order valence-electron chi connectivity index (χ4n) is 2.99. The molecule has 1 N–H and O–H groups in total. The summed E-state index contributed by atoms with van der Waals surface area (Å²) in [7, 11) is 2.07. The third-order valence-electron chi connectivity index (χ3n) is 4.08. The summed E-state index contributed by atoms with van der Waals surface area (Å²) in [6.45, 7) is 0. The molecule has 1 atom stereocenters. The molecule has 2 aliphatic carbocycles. The van der Waals surface area contributed by atoms with Crippen molar-refractivity contribution in [3.8, 4) is 0 Å². The number of hydrogen-bond acceptors (Lipinski definition) is 2. The molecule has 1 aromatic heterocycles. The lowest BCUT2D eigenvalue weighted by Crippen LogP contribution is -2.17. The first-order chi connectivity index (χ1) is 7.88. The molecule has 88 valence electrons. The van der Waals surface area contributed by atoms with E-state index >= 15 is 0 Å². The van der Waals surface area contributed by atoms with E-state index in [4.69, 9.17) is 0 Å². The highest BCUT2D eigenvalue weighted by molar-refractivity contribution is 5.14. The molecule has 0 amide bonds. The Morgan fingerprint density at radius 1 is 1.31 bits per heavy atom. The molecule has 0 aliphatic heterocycles. The van der Waals surface area contributed by atoms with Crippen molar-refractivity contribution >= 4 is 0 Å². The zero-order valence-electron chi connectivity index (χ0n) is 10.0. The van der Waals surface area contributed by atoms with Gasteiger partial charge in [-0.2, -0.15) is 5.10 Å². The molecule has 2 fully saturated rings. The third kappa shape index (κ3) is 1.88. The molecule has 0 aromatic carbocycles. The van der Waals surface area contributed by atoms with Crippen LogP contribution in [0.25, 0.3) is 0 Å². The van der Waals surface area contributed by atoms with Crippen LogP contribution in [0.15, 0.2) is 12.4 Å². The van der Waals surface area contributed by atoms with Crippen LogP contribution in [0.1, 0.15) is 56.2 Å². The van der Waals surface area contributed by atoms with Gasteiger partial charge in [-0.15, -0.1) is 0 Å². The summed E-state index contributed by atoms with van der Waals surface area (Å²) in [5.74, 6) is 0.853. The smallest absolute Gasteiger partial charge is 0.0537 e. The molecule has 3 heteroatoms. The Morgan fingerprint density at radius 2 is 2.06 bits per heavy atom. The Labute approximate surface area is 97.2 Å².